The van der Waals surface area contributed by atoms with Gasteiger partial charge in [-0.1, -0.05) is 203 Å². The number of allylic oxidation sites excluding steroid dienone is 4. The lowest BCUT2D eigenvalue weighted by molar-refractivity contribution is 0.289. The van der Waals surface area contributed by atoms with E-state index >= 15 is 0 Å². The molecule has 286 valence electrons. The van der Waals surface area contributed by atoms with Crippen LogP contribution in [0.25, 0.3) is 43.4 Å². The summed E-state index contributed by atoms with van der Waals surface area (Å²) in [7, 11) is 0. The van der Waals surface area contributed by atoms with Crippen LogP contribution in [0.2, 0.25) is 0 Å². The Morgan fingerprint density at radius 1 is 0.417 bits per heavy atom. The molecule has 2 unspecified atom stereocenters. The maximum atomic E-state index is 2.58. The van der Waals surface area contributed by atoms with Crippen LogP contribution in [0.4, 0.5) is 17.1 Å². The summed E-state index contributed by atoms with van der Waals surface area (Å²) in [6.07, 6.45) is 9.51. The molecule has 0 amide bonds. The molecule has 9 aromatic carbocycles. The Morgan fingerprint density at radius 2 is 0.950 bits per heavy atom. The van der Waals surface area contributed by atoms with Crippen molar-refractivity contribution < 1.29 is 0 Å². The zero-order valence-corrected chi connectivity index (χ0v) is 34.2. The molecule has 0 spiro atoms. The number of fused-ring (bicyclic) bond motifs is 12. The zero-order chi connectivity index (χ0) is 40.2. The van der Waals surface area contributed by atoms with E-state index in [1.807, 2.05) is 0 Å². The molecular formula is C59H45N. The highest BCUT2D eigenvalue weighted by molar-refractivity contribution is 6.25. The standard InChI is InChI=1S/C59H45N/c1-57(2)51-28-15-14-27-48(51)49-35-33-42(38-54(49)57)60(41-32-34-47-45-25-11-10-23-43(45)44-24-12-13-26-46(44)50(47)37-41)55-31-18-30-53-56(55)52-29-16-17-36-58(52,3)59(53,39-19-6-4-7-20-39)40-21-8-5-9-22-40/h4-38,52H,1-3H3. The second-order valence-electron chi connectivity index (χ2n) is 17.8. The molecule has 1 nitrogen and oxygen atoms in total. The van der Waals surface area contributed by atoms with Crippen molar-refractivity contribution in [2.24, 2.45) is 5.41 Å². The summed E-state index contributed by atoms with van der Waals surface area (Å²) in [5, 5.41) is 7.68. The average molecular weight is 768 g/mol. The molecule has 0 aromatic heterocycles. The van der Waals surface area contributed by atoms with Crippen molar-refractivity contribution >= 4 is 49.4 Å². The molecule has 0 saturated carbocycles. The lowest BCUT2D eigenvalue weighted by Gasteiger charge is -2.47. The normalized spacial score (nSPS) is 18.9. The highest BCUT2D eigenvalue weighted by Crippen LogP contribution is 2.68. The molecule has 0 saturated heterocycles. The molecule has 2 atom stereocenters. The minimum atomic E-state index is -0.446. The molecule has 9 aromatic rings. The molecule has 0 N–H and O–H groups in total. The van der Waals surface area contributed by atoms with Gasteiger partial charge in [-0.05, 0) is 107 Å². The SMILES string of the molecule is CC1(C)c2ccccc2-c2ccc(N(c3ccc4c5ccccc5c5ccccc5c4c3)c3cccc4c3C3C=CC=CC3(C)C4(c3ccccc3)c3ccccc3)cc21. The van der Waals surface area contributed by atoms with Crippen LogP contribution in [-0.4, -0.2) is 0 Å². The lowest BCUT2D eigenvalue weighted by Crippen LogP contribution is -2.43. The number of anilines is 3. The van der Waals surface area contributed by atoms with Crippen LogP contribution in [0.3, 0.4) is 0 Å². The fraction of sp³-hybridized carbons (Fsp3) is 0.119. The van der Waals surface area contributed by atoms with E-state index in [1.165, 1.54) is 88.2 Å². The highest BCUT2D eigenvalue weighted by atomic mass is 15.1. The Kier molecular flexibility index (Phi) is 7.45. The minimum Gasteiger partial charge on any atom is -0.310 e. The van der Waals surface area contributed by atoms with E-state index in [0.717, 1.165) is 5.69 Å². The van der Waals surface area contributed by atoms with Crippen molar-refractivity contribution in [1.82, 2.24) is 0 Å². The maximum absolute atomic E-state index is 2.58. The number of hydrogen-bond donors (Lipinski definition) is 0. The summed E-state index contributed by atoms with van der Waals surface area (Å²) in [5.41, 5.74) is 13.4. The Labute approximate surface area is 352 Å². The first-order valence-electron chi connectivity index (χ1n) is 21.4. The van der Waals surface area contributed by atoms with Gasteiger partial charge < -0.3 is 4.90 Å². The van der Waals surface area contributed by atoms with E-state index in [2.05, 4.69) is 238 Å². The number of nitrogens with zero attached hydrogens (tertiary/aromatic N) is 1. The minimum absolute atomic E-state index is 0.108. The first kappa shape index (κ1) is 35.0. The summed E-state index contributed by atoms with van der Waals surface area (Å²) in [6.45, 7) is 7.27. The Balaban J connectivity index is 1.18. The molecule has 1 heteroatoms. The van der Waals surface area contributed by atoms with Gasteiger partial charge >= 0.3 is 0 Å². The van der Waals surface area contributed by atoms with Gasteiger partial charge in [0, 0.05) is 28.1 Å². The van der Waals surface area contributed by atoms with Crippen LogP contribution in [0, 0.1) is 5.41 Å². The van der Waals surface area contributed by atoms with Gasteiger partial charge in [0.25, 0.3) is 0 Å². The van der Waals surface area contributed by atoms with Gasteiger partial charge in [-0.15, -0.1) is 0 Å². The van der Waals surface area contributed by atoms with Crippen molar-refractivity contribution in [3.05, 3.63) is 246 Å². The molecule has 12 rings (SSSR count). The van der Waals surface area contributed by atoms with Crippen molar-refractivity contribution in [2.45, 2.75) is 37.5 Å². The number of rotatable bonds is 5. The largest absolute Gasteiger partial charge is 0.310 e. The molecule has 0 heterocycles. The van der Waals surface area contributed by atoms with Crippen molar-refractivity contribution in [3.63, 3.8) is 0 Å². The number of hydrogen-bond acceptors (Lipinski definition) is 1. The van der Waals surface area contributed by atoms with E-state index in [-0.39, 0.29) is 16.7 Å². The van der Waals surface area contributed by atoms with Gasteiger partial charge in [0.05, 0.1) is 11.1 Å². The third kappa shape index (κ3) is 4.58. The Morgan fingerprint density at radius 3 is 1.63 bits per heavy atom. The third-order valence-corrected chi connectivity index (χ3v) is 14.6. The van der Waals surface area contributed by atoms with E-state index in [0.29, 0.717) is 0 Å². The van der Waals surface area contributed by atoms with Crippen molar-refractivity contribution in [3.8, 4) is 11.1 Å². The van der Waals surface area contributed by atoms with Crippen LogP contribution in [0.1, 0.15) is 60.1 Å². The molecule has 0 bridgehead atoms. The fourth-order valence-corrected chi connectivity index (χ4v) is 11.9. The monoisotopic (exact) mass is 767 g/mol. The summed E-state index contributed by atoms with van der Waals surface area (Å²) >= 11 is 0. The topological polar surface area (TPSA) is 3.24 Å². The first-order valence-corrected chi connectivity index (χ1v) is 21.4. The predicted molar refractivity (Wildman–Crippen MR) is 253 cm³/mol. The summed E-state index contributed by atoms with van der Waals surface area (Å²) < 4.78 is 0. The van der Waals surface area contributed by atoms with E-state index in [9.17, 15) is 0 Å². The summed E-state index contributed by atoms with van der Waals surface area (Å²) in [5.74, 6) is 0.108. The van der Waals surface area contributed by atoms with Crippen LogP contribution < -0.4 is 4.90 Å². The molecule has 60 heavy (non-hydrogen) atoms. The third-order valence-electron chi connectivity index (χ3n) is 14.6. The van der Waals surface area contributed by atoms with Crippen LogP contribution >= 0.6 is 0 Å². The second kappa shape index (κ2) is 12.8. The smallest absolute Gasteiger partial charge is 0.0551 e. The molecule has 0 fully saturated rings. The average Bonchev–Trinajstić information content (AvgIpc) is 3.68. The molecule has 0 aliphatic heterocycles. The van der Waals surface area contributed by atoms with Crippen LogP contribution in [0.15, 0.2) is 212 Å². The van der Waals surface area contributed by atoms with Gasteiger partial charge in [0.1, 0.15) is 0 Å². The zero-order valence-electron chi connectivity index (χ0n) is 34.2. The van der Waals surface area contributed by atoms with E-state index < -0.39 is 5.41 Å². The van der Waals surface area contributed by atoms with Crippen molar-refractivity contribution in [2.75, 3.05) is 4.90 Å². The molecular weight excluding hydrogens is 723 g/mol. The quantitative estimate of drug-likeness (QED) is 0.158. The van der Waals surface area contributed by atoms with Crippen molar-refractivity contribution in [1.29, 1.82) is 0 Å². The van der Waals surface area contributed by atoms with Gasteiger partial charge in [0.15, 0.2) is 0 Å². The summed E-state index contributed by atoms with van der Waals surface area (Å²) in [6, 6.07) is 70.8. The molecule has 3 aliphatic carbocycles. The molecule has 0 radical (unpaired) electrons. The van der Waals surface area contributed by atoms with Gasteiger partial charge in [0.2, 0.25) is 0 Å². The van der Waals surface area contributed by atoms with E-state index in [4.69, 9.17) is 0 Å². The Bertz CT molecular complexity index is 3180. The Hall–Kier alpha value is -6.96. The number of benzene rings is 9. The summed E-state index contributed by atoms with van der Waals surface area (Å²) in [4.78, 5) is 2.58. The van der Waals surface area contributed by atoms with E-state index in [1.54, 1.807) is 0 Å². The van der Waals surface area contributed by atoms with Crippen LogP contribution in [0.5, 0.6) is 0 Å². The predicted octanol–water partition coefficient (Wildman–Crippen LogP) is 15.5. The van der Waals surface area contributed by atoms with Gasteiger partial charge in [-0.25, -0.2) is 0 Å². The lowest BCUT2D eigenvalue weighted by atomic mass is 9.54. The highest BCUT2D eigenvalue weighted by Gasteiger charge is 2.61. The van der Waals surface area contributed by atoms with Gasteiger partial charge in [-0.2, -0.15) is 0 Å². The van der Waals surface area contributed by atoms with Crippen LogP contribution in [-0.2, 0) is 10.8 Å². The second-order valence-corrected chi connectivity index (χ2v) is 17.8. The maximum Gasteiger partial charge on any atom is 0.0551 e. The van der Waals surface area contributed by atoms with Gasteiger partial charge in [-0.3, -0.25) is 0 Å². The molecule has 3 aliphatic rings. The fourth-order valence-electron chi connectivity index (χ4n) is 11.9. The first-order chi connectivity index (χ1) is 29.4.